The number of aryl methyl sites for hydroxylation is 1. The van der Waals surface area contributed by atoms with E-state index in [1.807, 2.05) is 13.0 Å². The molecule has 0 amide bonds. The number of pyridine rings is 1. The number of rotatable bonds is 2. The smallest absolute Gasteiger partial charge is 0.271 e. The average molecular weight is 276 g/mol. The van der Waals surface area contributed by atoms with Gasteiger partial charge in [0.2, 0.25) is 0 Å². The summed E-state index contributed by atoms with van der Waals surface area (Å²) in [5.41, 5.74) is 3.62. The Hall–Kier alpha value is -2.81. The van der Waals surface area contributed by atoms with Gasteiger partial charge in [0.25, 0.3) is 5.82 Å². The number of nitrogens with zero attached hydrogens (tertiary/aromatic N) is 6. The highest BCUT2D eigenvalue weighted by molar-refractivity contribution is 5.82. The van der Waals surface area contributed by atoms with Gasteiger partial charge in [-0.25, -0.2) is 15.0 Å². The van der Waals surface area contributed by atoms with E-state index >= 15 is 0 Å². The van der Waals surface area contributed by atoms with Gasteiger partial charge in [-0.2, -0.15) is 0 Å². The fourth-order valence-electron chi connectivity index (χ4n) is 2.55. The van der Waals surface area contributed by atoms with Crippen molar-refractivity contribution in [1.82, 2.24) is 24.5 Å². The van der Waals surface area contributed by atoms with Crippen molar-refractivity contribution in [2.24, 2.45) is 0 Å². The van der Waals surface area contributed by atoms with Crippen LogP contribution in [0.3, 0.4) is 0 Å². The lowest BCUT2D eigenvalue weighted by atomic mass is 10.2. The van der Waals surface area contributed by atoms with Crippen molar-refractivity contribution in [3.63, 3.8) is 0 Å². The van der Waals surface area contributed by atoms with Gasteiger partial charge in [0.15, 0.2) is 0 Å². The number of aromatic nitrogens is 5. The van der Waals surface area contributed by atoms with Gasteiger partial charge < -0.3 is 9.41 Å². The Morgan fingerprint density at radius 1 is 1.29 bits per heavy atom. The fraction of sp³-hybridized carbons (Fsp3) is 0.267. The van der Waals surface area contributed by atoms with E-state index < -0.39 is 0 Å². The quantitative estimate of drug-likeness (QED) is 0.675. The molecule has 0 atom stereocenters. The SMILES string of the molecule is [C-]#[N+]c1cc2c(cn1)nc(-c1cncnc1C)n2C1CC1. The molecule has 6 heteroatoms. The minimum absolute atomic E-state index is 0.400. The van der Waals surface area contributed by atoms with Crippen LogP contribution in [0.25, 0.3) is 27.3 Å². The van der Waals surface area contributed by atoms with Crippen LogP contribution in [0.4, 0.5) is 5.82 Å². The highest BCUT2D eigenvalue weighted by atomic mass is 15.1. The Balaban J connectivity index is 2.03. The zero-order chi connectivity index (χ0) is 14.4. The maximum Gasteiger partial charge on any atom is 0.271 e. The molecule has 0 saturated heterocycles. The first-order valence-corrected chi connectivity index (χ1v) is 6.80. The van der Waals surface area contributed by atoms with Gasteiger partial charge in [-0.15, -0.1) is 4.98 Å². The first kappa shape index (κ1) is 12.0. The molecule has 1 aliphatic carbocycles. The number of hydrogen-bond acceptors (Lipinski definition) is 4. The van der Waals surface area contributed by atoms with Crippen molar-refractivity contribution in [1.29, 1.82) is 0 Å². The van der Waals surface area contributed by atoms with E-state index in [9.17, 15) is 0 Å². The maximum atomic E-state index is 7.13. The molecule has 102 valence electrons. The van der Waals surface area contributed by atoms with Crippen LogP contribution in [0, 0.1) is 13.5 Å². The van der Waals surface area contributed by atoms with E-state index in [0.717, 1.165) is 41.0 Å². The standard InChI is InChI=1S/C15H12N6/c1-9-11(6-17-8-19-9)15-20-12-7-18-14(16-2)5-13(12)21(15)10-3-4-10/h5-8,10H,3-4H2,1H3. The Morgan fingerprint density at radius 2 is 2.14 bits per heavy atom. The summed E-state index contributed by atoms with van der Waals surface area (Å²) in [5, 5.41) is 0. The first-order valence-electron chi connectivity index (χ1n) is 6.80. The Morgan fingerprint density at radius 3 is 2.86 bits per heavy atom. The van der Waals surface area contributed by atoms with Crippen molar-refractivity contribution in [3.8, 4) is 11.4 Å². The minimum Gasteiger partial charge on any atom is -0.361 e. The van der Waals surface area contributed by atoms with Gasteiger partial charge in [-0.3, -0.25) is 0 Å². The lowest BCUT2D eigenvalue weighted by molar-refractivity contribution is 0.773. The summed E-state index contributed by atoms with van der Waals surface area (Å²) in [6, 6.07) is 2.27. The van der Waals surface area contributed by atoms with Gasteiger partial charge >= 0.3 is 0 Å². The Bertz CT molecular complexity index is 885. The van der Waals surface area contributed by atoms with Crippen LogP contribution < -0.4 is 0 Å². The Kier molecular flexibility index (Phi) is 2.48. The van der Waals surface area contributed by atoms with Crippen LogP contribution in [0.1, 0.15) is 24.6 Å². The summed E-state index contributed by atoms with van der Waals surface area (Å²) in [5.74, 6) is 1.27. The van der Waals surface area contributed by atoms with Crippen LogP contribution in [0.5, 0.6) is 0 Å². The number of imidazole rings is 1. The third-order valence-corrected chi connectivity index (χ3v) is 3.74. The molecule has 0 unspecified atom stereocenters. The minimum atomic E-state index is 0.400. The van der Waals surface area contributed by atoms with Crippen molar-refractivity contribution >= 4 is 16.9 Å². The molecule has 1 aliphatic rings. The third kappa shape index (κ3) is 1.86. The second-order valence-corrected chi connectivity index (χ2v) is 5.20. The average Bonchev–Trinajstić information content (AvgIpc) is 3.27. The molecule has 21 heavy (non-hydrogen) atoms. The summed E-state index contributed by atoms with van der Waals surface area (Å²) in [7, 11) is 0. The maximum absolute atomic E-state index is 7.13. The fourth-order valence-corrected chi connectivity index (χ4v) is 2.55. The molecular weight excluding hydrogens is 264 g/mol. The van der Waals surface area contributed by atoms with Gasteiger partial charge in [0.1, 0.15) is 23.9 Å². The molecule has 0 aromatic carbocycles. The van der Waals surface area contributed by atoms with Crippen LogP contribution in [0.15, 0.2) is 24.8 Å². The van der Waals surface area contributed by atoms with Crippen LogP contribution in [0.2, 0.25) is 0 Å². The van der Waals surface area contributed by atoms with E-state index in [4.69, 9.17) is 11.6 Å². The molecule has 0 spiro atoms. The molecule has 0 radical (unpaired) electrons. The van der Waals surface area contributed by atoms with Crippen molar-refractivity contribution in [2.45, 2.75) is 25.8 Å². The van der Waals surface area contributed by atoms with E-state index in [0.29, 0.717) is 11.9 Å². The van der Waals surface area contributed by atoms with E-state index in [-0.39, 0.29) is 0 Å². The predicted octanol–water partition coefficient (Wildman–Crippen LogP) is 3.08. The monoisotopic (exact) mass is 276 g/mol. The van der Waals surface area contributed by atoms with Gasteiger partial charge in [-0.05, 0) is 25.8 Å². The Labute approximate surface area is 121 Å². The van der Waals surface area contributed by atoms with Gasteiger partial charge in [0.05, 0.1) is 16.8 Å². The largest absolute Gasteiger partial charge is 0.361 e. The molecule has 3 heterocycles. The molecule has 1 saturated carbocycles. The van der Waals surface area contributed by atoms with E-state index in [1.54, 1.807) is 18.7 Å². The molecule has 3 aromatic rings. The highest BCUT2D eigenvalue weighted by Gasteiger charge is 2.29. The molecule has 6 nitrogen and oxygen atoms in total. The molecular formula is C15H12N6. The molecule has 4 rings (SSSR count). The van der Waals surface area contributed by atoms with Gasteiger partial charge in [-0.1, -0.05) is 6.57 Å². The second kappa shape index (κ2) is 4.35. The van der Waals surface area contributed by atoms with Crippen LogP contribution >= 0.6 is 0 Å². The first-order chi connectivity index (χ1) is 10.3. The van der Waals surface area contributed by atoms with Crippen molar-refractivity contribution in [2.75, 3.05) is 0 Å². The van der Waals surface area contributed by atoms with Crippen molar-refractivity contribution in [3.05, 3.63) is 41.9 Å². The molecule has 3 aromatic heterocycles. The lowest BCUT2D eigenvalue weighted by Gasteiger charge is -2.08. The highest BCUT2D eigenvalue weighted by Crippen LogP contribution is 2.41. The number of hydrogen-bond donors (Lipinski definition) is 0. The van der Waals surface area contributed by atoms with Gasteiger partial charge in [0, 0.05) is 12.2 Å². The third-order valence-electron chi connectivity index (χ3n) is 3.74. The van der Waals surface area contributed by atoms with E-state index in [1.165, 1.54) is 0 Å². The molecule has 1 fully saturated rings. The topological polar surface area (TPSA) is 60.9 Å². The summed E-state index contributed by atoms with van der Waals surface area (Å²) in [4.78, 5) is 20.6. The van der Waals surface area contributed by atoms with Crippen LogP contribution in [-0.2, 0) is 0 Å². The second-order valence-electron chi connectivity index (χ2n) is 5.20. The summed E-state index contributed by atoms with van der Waals surface area (Å²) < 4.78 is 2.21. The van der Waals surface area contributed by atoms with Crippen molar-refractivity contribution < 1.29 is 0 Å². The number of fused-ring (bicyclic) bond motifs is 1. The zero-order valence-electron chi connectivity index (χ0n) is 11.5. The normalized spacial score (nSPS) is 14.3. The van der Waals surface area contributed by atoms with Crippen LogP contribution in [-0.4, -0.2) is 24.5 Å². The summed E-state index contributed by atoms with van der Waals surface area (Å²) in [6.45, 7) is 9.09. The zero-order valence-corrected chi connectivity index (χ0v) is 11.5. The predicted molar refractivity (Wildman–Crippen MR) is 77.8 cm³/mol. The van der Waals surface area contributed by atoms with E-state index in [2.05, 4.69) is 24.4 Å². The summed E-state index contributed by atoms with van der Waals surface area (Å²) in [6.07, 6.45) is 7.29. The molecule has 0 N–H and O–H groups in total. The molecule has 0 bridgehead atoms. The summed E-state index contributed by atoms with van der Waals surface area (Å²) >= 11 is 0. The lowest BCUT2D eigenvalue weighted by Crippen LogP contribution is -2.00. The molecule has 0 aliphatic heterocycles.